The van der Waals surface area contributed by atoms with E-state index in [0.717, 1.165) is 23.7 Å². The summed E-state index contributed by atoms with van der Waals surface area (Å²) in [7, 11) is 0. The van der Waals surface area contributed by atoms with Gasteiger partial charge in [-0.25, -0.2) is 0 Å². The molecule has 2 rings (SSSR count). The Hall–Kier alpha value is -1.46. The molecule has 1 aromatic rings. The number of rotatable bonds is 8. The minimum atomic E-state index is 0.00287. The molecule has 1 fully saturated rings. The van der Waals surface area contributed by atoms with Gasteiger partial charge in [0.1, 0.15) is 4.99 Å². The van der Waals surface area contributed by atoms with Crippen molar-refractivity contribution in [1.29, 1.82) is 0 Å². The minimum absolute atomic E-state index is 0.00287. The van der Waals surface area contributed by atoms with Gasteiger partial charge in [-0.3, -0.25) is 4.79 Å². The highest BCUT2D eigenvalue weighted by Crippen LogP contribution is 2.28. The first kappa shape index (κ1) is 14.9. The highest BCUT2D eigenvalue weighted by atomic mass is 32.1. The van der Waals surface area contributed by atoms with E-state index in [2.05, 4.69) is 5.32 Å². The topological polar surface area (TPSA) is 64.4 Å². The molecule has 0 aliphatic heterocycles. The normalized spacial score (nSPS) is 14.0. The van der Waals surface area contributed by atoms with Gasteiger partial charge in [0, 0.05) is 18.7 Å². The fourth-order valence-corrected chi connectivity index (χ4v) is 1.97. The Morgan fingerprint density at radius 3 is 2.65 bits per heavy atom. The first-order chi connectivity index (χ1) is 9.65. The van der Waals surface area contributed by atoms with Crippen LogP contribution in [0.25, 0.3) is 0 Å². The molecule has 5 heteroatoms. The lowest BCUT2D eigenvalue weighted by Crippen LogP contribution is -2.28. The molecule has 0 atom stereocenters. The molecule has 3 N–H and O–H groups in total. The lowest BCUT2D eigenvalue weighted by molar-refractivity contribution is -0.120. The van der Waals surface area contributed by atoms with Crippen LogP contribution >= 0.6 is 12.2 Å². The number of carbonyl (C=O) groups excluding carboxylic acids is 1. The van der Waals surface area contributed by atoms with Crippen molar-refractivity contribution < 1.29 is 9.53 Å². The maximum atomic E-state index is 11.7. The standard InChI is InChI=1S/C15H20N2O2S/c16-15(20)13-5-3-11(4-6-13)9-14(18)17-7-8-19-10-12-1-2-12/h3-6,12H,1-2,7-10H2,(H2,16,20)(H,17,18). The predicted molar refractivity (Wildman–Crippen MR) is 82.6 cm³/mol. The second-order valence-corrected chi connectivity index (χ2v) is 5.55. The quantitative estimate of drug-likeness (QED) is 0.561. The molecule has 1 aromatic carbocycles. The zero-order valence-electron chi connectivity index (χ0n) is 11.4. The van der Waals surface area contributed by atoms with Crippen LogP contribution in [-0.2, 0) is 16.0 Å². The van der Waals surface area contributed by atoms with Crippen molar-refractivity contribution >= 4 is 23.1 Å². The molecule has 0 saturated heterocycles. The van der Waals surface area contributed by atoms with E-state index in [1.54, 1.807) is 0 Å². The van der Waals surface area contributed by atoms with Crippen LogP contribution in [0.15, 0.2) is 24.3 Å². The maximum Gasteiger partial charge on any atom is 0.224 e. The van der Waals surface area contributed by atoms with Crippen molar-refractivity contribution in [2.24, 2.45) is 11.7 Å². The van der Waals surface area contributed by atoms with E-state index in [4.69, 9.17) is 22.7 Å². The SMILES string of the molecule is NC(=S)c1ccc(CC(=O)NCCOCC2CC2)cc1. The number of carbonyl (C=O) groups is 1. The van der Waals surface area contributed by atoms with Gasteiger partial charge in [-0.1, -0.05) is 36.5 Å². The highest BCUT2D eigenvalue weighted by molar-refractivity contribution is 7.80. The number of benzene rings is 1. The van der Waals surface area contributed by atoms with E-state index in [9.17, 15) is 4.79 Å². The van der Waals surface area contributed by atoms with Gasteiger partial charge >= 0.3 is 0 Å². The summed E-state index contributed by atoms with van der Waals surface area (Å²) in [5.74, 6) is 0.765. The van der Waals surface area contributed by atoms with E-state index in [0.29, 0.717) is 24.6 Å². The first-order valence-corrected chi connectivity index (χ1v) is 7.29. The van der Waals surface area contributed by atoms with Crippen LogP contribution < -0.4 is 11.1 Å². The van der Waals surface area contributed by atoms with Gasteiger partial charge in [0.05, 0.1) is 13.0 Å². The van der Waals surface area contributed by atoms with Gasteiger partial charge in [-0.2, -0.15) is 0 Å². The molecular formula is C15H20N2O2S. The molecular weight excluding hydrogens is 272 g/mol. The smallest absolute Gasteiger partial charge is 0.224 e. The van der Waals surface area contributed by atoms with Crippen LogP contribution in [-0.4, -0.2) is 30.7 Å². The zero-order chi connectivity index (χ0) is 14.4. The van der Waals surface area contributed by atoms with Crippen molar-refractivity contribution in [3.63, 3.8) is 0 Å². The van der Waals surface area contributed by atoms with Crippen LogP contribution in [0.5, 0.6) is 0 Å². The molecule has 0 bridgehead atoms. The van der Waals surface area contributed by atoms with Gasteiger partial charge in [0.15, 0.2) is 0 Å². The summed E-state index contributed by atoms with van der Waals surface area (Å²) in [6.07, 6.45) is 2.93. The summed E-state index contributed by atoms with van der Waals surface area (Å²) >= 11 is 4.88. The third-order valence-electron chi connectivity index (χ3n) is 3.22. The number of nitrogens with two attached hydrogens (primary N) is 1. The van der Waals surface area contributed by atoms with Gasteiger partial charge < -0.3 is 15.8 Å². The monoisotopic (exact) mass is 292 g/mol. The van der Waals surface area contributed by atoms with E-state index < -0.39 is 0 Å². The molecule has 0 aromatic heterocycles. The number of nitrogens with one attached hydrogen (secondary N) is 1. The summed E-state index contributed by atoms with van der Waals surface area (Å²) in [6.45, 7) is 1.98. The summed E-state index contributed by atoms with van der Waals surface area (Å²) in [4.78, 5) is 12.1. The lowest BCUT2D eigenvalue weighted by Gasteiger charge is -2.06. The second-order valence-electron chi connectivity index (χ2n) is 5.11. The molecule has 0 radical (unpaired) electrons. The van der Waals surface area contributed by atoms with Gasteiger partial charge in [0.2, 0.25) is 5.91 Å². The number of ether oxygens (including phenoxy) is 1. The summed E-state index contributed by atoms with van der Waals surface area (Å²) in [5.41, 5.74) is 7.29. The third kappa shape index (κ3) is 5.27. The van der Waals surface area contributed by atoms with E-state index in [1.807, 2.05) is 24.3 Å². The molecule has 20 heavy (non-hydrogen) atoms. The van der Waals surface area contributed by atoms with E-state index in [-0.39, 0.29) is 5.91 Å². The molecule has 108 valence electrons. The van der Waals surface area contributed by atoms with Crippen LogP contribution in [0.2, 0.25) is 0 Å². The van der Waals surface area contributed by atoms with Crippen LogP contribution in [0, 0.1) is 5.92 Å². The van der Waals surface area contributed by atoms with Crippen molar-refractivity contribution in [2.75, 3.05) is 19.8 Å². The molecule has 0 heterocycles. The number of hydrogen-bond acceptors (Lipinski definition) is 3. The number of amides is 1. The Kier molecular flexibility index (Phi) is 5.49. The molecule has 0 unspecified atom stereocenters. The first-order valence-electron chi connectivity index (χ1n) is 6.88. The molecule has 1 aliphatic rings. The Labute approximate surface area is 124 Å². The van der Waals surface area contributed by atoms with Crippen molar-refractivity contribution in [3.8, 4) is 0 Å². The molecule has 1 aliphatic carbocycles. The minimum Gasteiger partial charge on any atom is -0.389 e. The Morgan fingerprint density at radius 1 is 1.35 bits per heavy atom. The van der Waals surface area contributed by atoms with Gasteiger partial charge in [-0.15, -0.1) is 0 Å². The second kappa shape index (κ2) is 7.36. The Morgan fingerprint density at radius 2 is 2.05 bits per heavy atom. The predicted octanol–water partition coefficient (Wildman–Crippen LogP) is 1.41. The third-order valence-corrected chi connectivity index (χ3v) is 3.46. The maximum absolute atomic E-state index is 11.7. The lowest BCUT2D eigenvalue weighted by atomic mass is 10.1. The van der Waals surface area contributed by atoms with Crippen LogP contribution in [0.3, 0.4) is 0 Å². The Bertz CT molecular complexity index is 469. The van der Waals surface area contributed by atoms with Gasteiger partial charge in [0.25, 0.3) is 0 Å². The fraction of sp³-hybridized carbons (Fsp3) is 0.467. The number of hydrogen-bond donors (Lipinski definition) is 2. The average Bonchev–Trinajstić information content (AvgIpc) is 3.23. The average molecular weight is 292 g/mol. The Balaban J connectivity index is 1.63. The largest absolute Gasteiger partial charge is 0.389 e. The fourth-order valence-electron chi connectivity index (χ4n) is 1.83. The zero-order valence-corrected chi connectivity index (χ0v) is 12.2. The highest BCUT2D eigenvalue weighted by Gasteiger charge is 2.20. The number of thiocarbonyl (C=S) groups is 1. The molecule has 1 saturated carbocycles. The molecule has 1 amide bonds. The molecule has 0 spiro atoms. The van der Waals surface area contributed by atoms with E-state index >= 15 is 0 Å². The van der Waals surface area contributed by atoms with E-state index in [1.165, 1.54) is 12.8 Å². The molecule has 4 nitrogen and oxygen atoms in total. The van der Waals surface area contributed by atoms with Crippen LogP contribution in [0.1, 0.15) is 24.0 Å². The van der Waals surface area contributed by atoms with Crippen LogP contribution in [0.4, 0.5) is 0 Å². The van der Waals surface area contributed by atoms with Crippen molar-refractivity contribution in [2.45, 2.75) is 19.3 Å². The van der Waals surface area contributed by atoms with Crippen molar-refractivity contribution in [1.82, 2.24) is 5.32 Å². The summed E-state index contributed by atoms with van der Waals surface area (Å²) in [6, 6.07) is 7.42. The summed E-state index contributed by atoms with van der Waals surface area (Å²) in [5, 5.41) is 2.85. The summed E-state index contributed by atoms with van der Waals surface area (Å²) < 4.78 is 5.46. The van der Waals surface area contributed by atoms with Gasteiger partial charge in [-0.05, 0) is 24.3 Å². The van der Waals surface area contributed by atoms with Crippen molar-refractivity contribution in [3.05, 3.63) is 35.4 Å².